The summed E-state index contributed by atoms with van der Waals surface area (Å²) in [4.78, 5) is 14.9. The molecule has 1 saturated heterocycles. The van der Waals surface area contributed by atoms with E-state index in [1.165, 1.54) is 0 Å². The van der Waals surface area contributed by atoms with Crippen LogP contribution in [0.5, 0.6) is 0 Å². The average molecular weight is 341 g/mol. The van der Waals surface area contributed by atoms with Crippen molar-refractivity contribution in [2.24, 2.45) is 0 Å². The van der Waals surface area contributed by atoms with Gasteiger partial charge in [-0.25, -0.2) is 0 Å². The van der Waals surface area contributed by atoms with Gasteiger partial charge in [0, 0.05) is 44.5 Å². The van der Waals surface area contributed by atoms with Crippen molar-refractivity contribution < 1.29 is 18.0 Å². The summed E-state index contributed by atoms with van der Waals surface area (Å²) in [7, 11) is 0. The molecule has 0 saturated carbocycles. The number of halogens is 3. The van der Waals surface area contributed by atoms with Gasteiger partial charge in [0.05, 0.1) is 0 Å². The van der Waals surface area contributed by atoms with Gasteiger partial charge in [0.25, 0.3) is 0 Å². The summed E-state index contributed by atoms with van der Waals surface area (Å²) in [5.74, 6) is -1.78. The third-order valence-corrected chi connectivity index (χ3v) is 4.75. The Balaban J connectivity index is 1.70. The molecule has 0 aliphatic carbocycles. The first-order chi connectivity index (χ1) is 11.4. The second-order valence-electron chi connectivity index (χ2n) is 6.53. The molecule has 1 fully saturated rings. The lowest BCUT2D eigenvalue weighted by atomic mass is 10.0. The lowest BCUT2D eigenvalue weighted by molar-refractivity contribution is -0.170. The van der Waals surface area contributed by atoms with Crippen LogP contribution in [0.4, 0.5) is 18.9 Å². The Morgan fingerprint density at radius 1 is 1.29 bits per heavy atom. The van der Waals surface area contributed by atoms with Crippen LogP contribution in [-0.2, 0) is 17.6 Å². The molecule has 0 bridgehead atoms. The molecule has 1 aromatic rings. The van der Waals surface area contributed by atoms with Gasteiger partial charge in [-0.1, -0.05) is 12.1 Å². The van der Waals surface area contributed by atoms with E-state index >= 15 is 0 Å². The fourth-order valence-electron chi connectivity index (χ4n) is 3.51. The first-order valence-electron chi connectivity index (χ1n) is 8.31. The van der Waals surface area contributed by atoms with Gasteiger partial charge in [-0.2, -0.15) is 13.2 Å². The second kappa shape index (κ2) is 6.72. The van der Waals surface area contributed by atoms with Crippen LogP contribution in [0.25, 0.3) is 0 Å². The highest BCUT2D eigenvalue weighted by Gasteiger charge is 2.46. The zero-order valence-corrected chi connectivity index (χ0v) is 13.7. The smallest absolute Gasteiger partial charge is 0.314 e. The quantitative estimate of drug-likeness (QED) is 0.913. The fourth-order valence-corrected chi connectivity index (χ4v) is 3.51. The molecular formula is C17H22F3N3O. The third-order valence-electron chi connectivity index (χ3n) is 4.75. The van der Waals surface area contributed by atoms with E-state index in [9.17, 15) is 18.0 Å². The molecule has 2 aliphatic rings. The number of carbonyl (C=O) groups is 1. The normalized spacial score (nSPS) is 21.8. The van der Waals surface area contributed by atoms with Crippen molar-refractivity contribution in [1.29, 1.82) is 0 Å². The number of amides is 1. The molecular weight excluding hydrogens is 319 g/mol. The molecule has 0 aromatic heterocycles. The standard InChI is InChI=1S/C17H22F3N3O/c1-12-10-14-11-13(4-7-22-8-5-21-6-9-22)2-3-15(14)23(12)16(24)17(18,19)20/h2-3,11-12,21H,4-10H2,1H3. The predicted molar refractivity (Wildman–Crippen MR) is 86.2 cm³/mol. The molecule has 4 nitrogen and oxygen atoms in total. The number of fused-ring (bicyclic) bond motifs is 1. The molecule has 2 heterocycles. The molecule has 0 spiro atoms. The van der Waals surface area contributed by atoms with E-state index in [1.54, 1.807) is 13.0 Å². The number of piperazine rings is 1. The number of alkyl halides is 3. The fraction of sp³-hybridized carbons (Fsp3) is 0.588. The minimum atomic E-state index is -4.84. The summed E-state index contributed by atoms with van der Waals surface area (Å²) in [6, 6.07) is 5.00. The Kier molecular flexibility index (Phi) is 4.83. The molecule has 7 heteroatoms. The van der Waals surface area contributed by atoms with Crippen molar-refractivity contribution in [3.05, 3.63) is 29.3 Å². The Hall–Kier alpha value is -1.60. The van der Waals surface area contributed by atoms with Crippen LogP contribution in [-0.4, -0.2) is 55.7 Å². The van der Waals surface area contributed by atoms with Crippen LogP contribution < -0.4 is 10.2 Å². The van der Waals surface area contributed by atoms with E-state index in [0.717, 1.165) is 55.2 Å². The second-order valence-corrected chi connectivity index (χ2v) is 6.53. The molecule has 1 unspecified atom stereocenters. The van der Waals surface area contributed by atoms with Gasteiger partial charge in [-0.15, -0.1) is 0 Å². The van der Waals surface area contributed by atoms with E-state index < -0.39 is 18.1 Å². The Morgan fingerprint density at radius 2 is 2.00 bits per heavy atom. The molecule has 0 radical (unpaired) electrons. The first-order valence-corrected chi connectivity index (χ1v) is 8.31. The zero-order valence-electron chi connectivity index (χ0n) is 13.7. The molecule has 1 N–H and O–H groups in total. The highest BCUT2D eigenvalue weighted by molar-refractivity contribution is 5.99. The molecule has 132 valence electrons. The van der Waals surface area contributed by atoms with Gasteiger partial charge in [-0.3, -0.25) is 4.79 Å². The van der Waals surface area contributed by atoms with Crippen LogP contribution in [0.2, 0.25) is 0 Å². The van der Waals surface area contributed by atoms with Gasteiger partial charge >= 0.3 is 12.1 Å². The van der Waals surface area contributed by atoms with Gasteiger partial charge in [-0.05, 0) is 37.0 Å². The van der Waals surface area contributed by atoms with Crippen molar-refractivity contribution in [1.82, 2.24) is 10.2 Å². The SMILES string of the molecule is CC1Cc2cc(CCN3CCNCC3)ccc2N1C(=O)C(F)(F)F. The number of carbonyl (C=O) groups excluding carboxylic acids is 1. The number of benzene rings is 1. The maximum Gasteiger partial charge on any atom is 0.471 e. The lowest BCUT2D eigenvalue weighted by Gasteiger charge is -2.27. The maximum atomic E-state index is 12.8. The summed E-state index contributed by atoms with van der Waals surface area (Å²) >= 11 is 0. The summed E-state index contributed by atoms with van der Waals surface area (Å²) in [6.45, 7) is 6.64. The van der Waals surface area contributed by atoms with Crippen molar-refractivity contribution in [3.63, 3.8) is 0 Å². The summed E-state index contributed by atoms with van der Waals surface area (Å²) < 4.78 is 38.3. The van der Waals surface area contributed by atoms with Crippen molar-refractivity contribution in [2.75, 3.05) is 37.6 Å². The van der Waals surface area contributed by atoms with E-state index in [1.807, 2.05) is 12.1 Å². The third kappa shape index (κ3) is 3.57. The zero-order chi connectivity index (χ0) is 17.3. The Bertz CT molecular complexity index is 612. The first kappa shape index (κ1) is 17.2. The molecule has 1 aromatic carbocycles. The van der Waals surface area contributed by atoms with Crippen LogP contribution in [0, 0.1) is 0 Å². The number of hydrogen-bond donors (Lipinski definition) is 1. The molecule has 1 amide bonds. The van der Waals surface area contributed by atoms with E-state index in [0.29, 0.717) is 12.1 Å². The number of anilines is 1. The number of hydrogen-bond acceptors (Lipinski definition) is 3. The van der Waals surface area contributed by atoms with Gasteiger partial charge in [0.15, 0.2) is 0 Å². The van der Waals surface area contributed by atoms with Gasteiger partial charge in [0.1, 0.15) is 0 Å². The van der Waals surface area contributed by atoms with Gasteiger partial charge in [0.2, 0.25) is 0 Å². The minimum absolute atomic E-state index is 0.399. The predicted octanol–water partition coefficient (Wildman–Crippen LogP) is 1.97. The monoisotopic (exact) mass is 341 g/mol. The van der Waals surface area contributed by atoms with E-state index in [2.05, 4.69) is 10.2 Å². The highest BCUT2D eigenvalue weighted by atomic mass is 19.4. The lowest BCUT2D eigenvalue weighted by Crippen LogP contribution is -2.44. The van der Waals surface area contributed by atoms with Gasteiger partial charge < -0.3 is 15.1 Å². The average Bonchev–Trinajstić information content (AvgIpc) is 2.87. The molecule has 1 atom stereocenters. The Labute approximate surface area is 139 Å². The largest absolute Gasteiger partial charge is 0.471 e. The van der Waals surface area contributed by atoms with Crippen molar-refractivity contribution in [3.8, 4) is 0 Å². The number of nitrogens with zero attached hydrogens (tertiary/aromatic N) is 2. The highest BCUT2D eigenvalue weighted by Crippen LogP contribution is 2.36. The van der Waals surface area contributed by atoms with Crippen molar-refractivity contribution in [2.45, 2.75) is 32.0 Å². The topological polar surface area (TPSA) is 35.6 Å². The number of rotatable bonds is 3. The van der Waals surface area contributed by atoms with Crippen LogP contribution in [0.3, 0.4) is 0 Å². The van der Waals surface area contributed by atoms with Crippen LogP contribution in [0.1, 0.15) is 18.1 Å². The number of nitrogens with one attached hydrogen (secondary N) is 1. The molecule has 3 rings (SSSR count). The van der Waals surface area contributed by atoms with Crippen molar-refractivity contribution >= 4 is 11.6 Å². The van der Waals surface area contributed by atoms with E-state index in [-0.39, 0.29) is 0 Å². The Morgan fingerprint density at radius 3 is 2.67 bits per heavy atom. The summed E-state index contributed by atoms with van der Waals surface area (Å²) in [5, 5.41) is 3.31. The van der Waals surface area contributed by atoms with Crippen LogP contribution >= 0.6 is 0 Å². The maximum absolute atomic E-state index is 12.8. The van der Waals surface area contributed by atoms with Crippen LogP contribution in [0.15, 0.2) is 18.2 Å². The molecule has 24 heavy (non-hydrogen) atoms. The minimum Gasteiger partial charge on any atom is -0.314 e. The van der Waals surface area contributed by atoms with E-state index in [4.69, 9.17) is 0 Å². The summed E-state index contributed by atoms with van der Waals surface area (Å²) in [6.07, 6.45) is -3.50. The summed E-state index contributed by atoms with van der Waals surface area (Å²) in [5.41, 5.74) is 2.34. The molecule has 2 aliphatic heterocycles.